The molecule has 0 unspecified atom stereocenters. The Bertz CT molecular complexity index is 1320. The highest BCUT2D eigenvalue weighted by molar-refractivity contribution is 6.15. The van der Waals surface area contributed by atoms with E-state index in [-0.39, 0.29) is 5.91 Å². The molecule has 156 valence electrons. The lowest BCUT2D eigenvalue weighted by molar-refractivity contribution is 0.102. The summed E-state index contributed by atoms with van der Waals surface area (Å²) >= 11 is 0. The molecule has 0 spiro atoms. The number of hydrogen-bond donors (Lipinski definition) is 1. The van der Waals surface area contributed by atoms with Crippen LogP contribution in [0.1, 0.15) is 43.7 Å². The average Bonchev–Trinajstić information content (AvgIpc) is 2.71. The first-order valence-electron chi connectivity index (χ1n) is 10.6. The van der Waals surface area contributed by atoms with E-state index in [2.05, 4.69) is 76.3 Å². The van der Waals surface area contributed by atoms with Crippen LogP contribution < -0.4 is 5.32 Å². The van der Waals surface area contributed by atoms with Crippen molar-refractivity contribution in [1.29, 1.82) is 0 Å². The van der Waals surface area contributed by atoms with Gasteiger partial charge in [0.1, 0.15) is 0 Å². The Morgan fingerprint density at radius 3 is 2.13 bits per heavy atom. The van der Waals surface area contributed by atoms with Crippen LogP contribution in [0.15, 0.2) is 54.6 Å². The van der Waals surface area contributed by atoms with Gasteiger partial charge in [-0.3, -0.25) is 4.79 Å². The van der Waals surface area contributed by atoms with Gasteiger partial charge in [-0.2, -0.15) is 0 Å². The Morgan fingerprint density at radius 2 is 1.45 bits per heavy atom. The van der Waals surface area contributed by atoms with Crippen molar-refractivity contribution in [2.24, 2.45) is 0 Å². The minimum Gasteiger partial charge on any atom is -0.322 e. The minimum absolute atomic E-state index is 0.105. The molecule has 1 N–H and O–H groups in total. The summed E-state index contributed by atoms with van der Waals surface area (Å²) in [5.74, 6) is -0.105. The second-order valence-corrected chi connectivity index (χ2v) is 8.56. The van der Waals surface area contributed by atoms with E-state index in [1.165, 1.54) is 11.1 Å². The second-order valence-electron chi connectivity index (χ2n) is 8.56. The molecular weight excluding hydrogens is 380 g/mol. The van der Waals surface area contributed by atoms with E-state index in [9.17, 15) is 4.79 Å². The van der Waals surface area contributed by atoms with Gasteiger partial charge in [-0.05, 0) is 82.0 Å². The van der Waals surface area contributed by atoms with E-state index < -0.39 is 0 Å². The SMILES string of the molecule is Cc1ccc(-c2nc3c(C)cc(C)cc3c(C(=O)Nc3ccc(C)c(C)c3)c2C)cc1. The van der Waals surface area contributed by atoms with Crippen molar-refractivity contribution in [1.82, 2.24) is 4.98 Å². The van der Waals surface area contributed by atoms with Gasteiger partial charge in [-0.15, -0.1) is 0 Å². The highest BCUT2D eigenvalue weighted by Gasteiger charge is 2.20. The number of nitrogens with zero attached hydrogens (tertiary/aromatic N) is 1. The number of rotatable bonds is 3. The number of amides is 1. The van der Waals surface area contributed by atoms with Gasteiger partial charge in [-0.1, -0.05) is 47.5 Å². The minimum atomic E-state index is -0.105. The third kappa shape index (κ3) is 3.96. The van der Waals surface area contributed by atoms with Crippen LogP contribution >= 0.6 is 0 Å². The third-order valence-electron chi connectivity index (χ3n) is 5.98. The number of benzene rings is 3. The number of nitrogens with one attached hydrogen (secondary N) is 1. The van der Waals surface area contributed by atoms with Crippen molar-refractivity contribution in [2.45, 2.75) is 41.5 Å². The van der Waals surface area contributed by atoms with Crippen LogP contribution in [0.4, 0.5) is 5.69 Å². The monoisotopic (exact) mass is 408 g/mol. The predicted octanol–water partition coefficient (Wildman–Crippen LogP) is 7.00. The fourth-order valence-electron chi connectivity index (χ4n) is 4.11. The molecule has 4 aromatic rings. The molecule has 4 rings (SSSR count). The summed E-state index contributed by atoms with van der Waals surface area (Å²) in [7, 11) is 0. The van der Waals surface area contributed by atoms with Gasteiger partial charge in [-0.25, -0.2) is 4.98 Å². The zero-order valence-corrected chi connectivity index (χ0v) is 19.1. The van der Waals surface area contributed by atoms with E-state index in [1.807, 2.05) is 25.1 Å². The first kappa shape index (κ1) is 20.8. The summed E-state index contributed by atoms with van der Waals surface area (Å²) < 4.78 is 0. The Morgan fingerprint density at radius 1 is 0.742 bits per heavy atom. The molecule has 1 heterocycles. The van der Waals surface area contributed by atoms with Gasteiger partial charge < -0.3 is 5.32 Å². The number of aromatic nitrogens is 1. The van der Waals surface area contributed by atoms with Crippen LogP contribution in [0, 0.1) is 41.5 Å². The molecule has 31 heavy (non-hydrogen) atoms. The topological polar surface area (TPSA) is 42.0 Å². The summed E-state index contributed by atoms with van der Waals surface area (Å²) in [4.78, 5) is 18.6. The Hall–Kier alpha value is -3.46. The molecule has 3 nitrogen and oxygen atoms in total. The standard InChI is InChI=1S/C28H28N2O/c1-16-7-10-22(11-8-16)27-21(6)25(24-14-17(2)13-20(5)26(24)30-27)28(31)29-23-12-9-18(3)19(4)15-23/h7-15H,1-6H3,(H,29,31). The van der Waals surface area contributed by atoms with Crippen molar-refractivity contribution < 1.29 is 4.79 Å². The van der Waals surface area contributed by atoms with Crippen LogP contribution in [-0.2, 0) is 0 Å². The van der Waals surface area contributed by atoms with Gasteiger partial charge in [0, 0.05) is 16.6 Å². The predicted molar refractivity (Wildman–Crippen MR) is 130 cm³/mol. The molecule has 0 saturated carbocycles. The fraction of sp³-hybridized carbons (Fsp3) is 0.214. The van der Waals surface area contributed by atoms with Crippen LogP contribution in [0.25, 0.3) is 22.2 Å². The van der Waals surface area contributed by atoms with Crippen molar-refractivity contribution in [3.8, 4) is 11.3 Å². The summed E-state index contributed by atoms with van der Waals surface area (Å²) in [5.41, 5.74) is 10.9. The number of carbonyl (C=O) groups excluding carboxylic acids is 1. The smallest absolute Gasteiger partial charge is 0.256 e. The van der Waals surface area contributed by atoms with Gasteiger partial charge in [0.25, 0.3) is 5.91 Å². The molecule has 0 aliphatic carbocycles. The maximum absolute atomic E-state index is 13.6. The quantitative estimate of drug-likeness (QED) is 0.396. The lowest BCUT2D eigenvalue weighted by Crippen LogP contribution is -2.16. The molecule has 0 aliphatic rings. The molecule has 0 radical (unpaired) electrons. The van der Waals surface area contributed by atoms with Crippen LogP contribution in [0.2, 0.25) is 0 Å². The van der Waals surface area contributed by atoms with Crippen molar-refractivity contribution in [2.75, 3.05) is 5.32 Å². The third-order valence-corrected chi connectivity index (χ3v) is 5.98. The lowest BCUT2D eigenvalue weighted by atomic mass is 9.94. The van der Waals surface area contributed by atoms with Crippen LogP contribution in [-0.4, -0.2) is 10.9 Å². The van der Waals surface area contributed by atoms with E-state index in [0.717, 1.165) is 50.1 Å². The Kier molecular flexibility index (Phi) is 5.36. The Labute approximate surface area is 184 Å². The molecule has 1 aromatic heterocycles. The second kappa shape index (κ2) is 7.99. The maximum Gasteiger partial charge on any atom is 0.256 e. The summed E-state index contributed by atoms with van der Waals surface area (Å²) in [6.45, 7) is 12.3. The lowest BCUT2D eigenvalue weighted by Gasteiger charge is -2.17. The zero-order valence-electron chi connectivity index (χ0n) is 19.1. The van der Waals surface area contributed by atoms with Crippen LogP contribution in [0.3, 0.4) is 0 Å². The number of hydrogen-bond acceptors (Lipinski definition) is 2. The first-order chi connectivity index (χ1) is 14.7. The highest BCUT2D eigenvalue weighted by atomic mass is 16.1. The number of aryl methyl sites for hydroxylation is 5. The summed E-state index contributed by atoms with van der Waals surface area (Å²) in [6.07, 6.45) is 0. The van der Waals surface area contributed by atoms with Crippen molar-refractivity contribution in [3.05, 3.63) is 93.5 Å². The molecule has 3 aromatic carbocycles. The van der Waals surface area contributed by atoms with E-state index >= 15 is 0 Å². The molecule has 0 saturated heterocycles. The van der Waals surface area contributed by atoms with Gasteiger partial charge >= 0.3 is 0 Å². The number of carbonyl (C=O) groups is 1. The zero-order chi connectivity index (χ0) is 22.3. The number of anilines is 1. The number of fused-ring (bicyclic) bond motifs is 1. The molecule has 0 bridgehead atoms. The van der Waals surface area contributed by atoms with Gasteiger partial charge in [0.05, 0.1) is 16.8 Å². The van der Waals surface area contributed by atoms with Crippen molar-refractivity contribution >= 4 is 22.5 Å². The Balaban J connectivity index is 1.93. The molecule has 0 atom stereocenters. The largest absolute Gasteiger partial charge is 0.322 e. The normalized spacial score (nSPS) is 11.0. The van der Waals surface area contributed by atoms with Crippen molar-refractivity contribution in [3.63, 3.8) is 0 Å². The van der Waals surface area contributed by atoms with E-state index in [1.54, 1.807) is 0 Å². The molecule has 3 heteroatoms. The fourth-order valence-corrected chi connectivity index (χ4v) is 4.11. The maximum atomic E-state index is 13.6. The van der Waals surface area contributed by atoms with E-state index in [4.69, 9.17) is 4.98 Å². The average molecular weight is 409 g/mol. The summed E-state index contributed by atoms with van der Waals surface area (Å²) in [5, 5.41) is 4.01. The van der Waals surface area contributed by atoms with Crippen LogP contribution in [0.5, 0.6) is 0 Å². The van der Waals surface area contributed by atoms with E-state index in [0.29, 0.717) is 5.56 Å². The molecule has 0 aliphatic heterocycles. The first-order valence-corrected chi connectivity index (χ1v) is 10.6. The van der Waals surface area contributed by atoms with Gasteiger partial charge in [0.15, 0.2) is 0 Å². The number of pyridine rings is 1. The van der Waals surface area contributed by atoms with Gasteiger partial charge in [0.2, 0.25) is 0 Å². The molecular formula is C28H28N2O. The molecule has 1 amide bonds. The highest BCUT2D eigenvalue weighted by Crippen LogP contribution is 2.32. The summed E-state index contributed by atoms with van der Waals surface area (Å²) in [6, 6.07) is 18.5. The molecule has 0 fully saturated rings.